The highest BCUT2D eigenvalue weighted by atomic mass is 16.1. The predicted molar refractivity (Wildman–Crippen MR) is 127 cm³/mol. The minimum absolute atomic E-state index is 0.0335. The standard InChI is InChI=1S/C24H32N6O/c1-26(2)14-9-15-29-21-12-7-8-13-22(21)30(24(29)31)18-23-25-19-10-5-6-11-20(19)28(23)17-16-27(3)4/h5-8,10-13H,9,14-18H2,1-4H3. The van der Waals surface area contributed by atoms with Crippen molar-refractivity contribution in [3.63, 3.8) is 0 Å². The van der Waals surface area contributed by atoms with Crippen molar-refractivity contribution in [3.8, 4) is 0 Å². The third-order valence-electron chi connectivity index (χ3n) is 5.72. The Morgan fingerprint density at radius 3 is 2.03 bits per heavy atom. The summed E-state index contributed by atoms with van der Waals surface area (Å²) in [5, 5.41) is 0. The van der Waals surface area contributed by atoms with Crippen molar-refractivity contribution in [1.82, 2.24) is 28.5 Å². The Morgan fingerprint density at radius 1 is 0.742 bits per heavy atom. The number of aromatic nitrogens is 4. The fourth-order valence-electron chi connectivity index (χ4n) is 4.12. The summed E-state index contributed by atoms with van der Waals surface area (Å²) >= 11 is 0. The first kappa shape index (κ1) is 21.3. The quantitative estimate of drug-likeness (QED) is 0.418. The van der Waals surface area contributed by atoms with Crippen LogP contribution in [0.25, 0.3) is 22.1 Å². The molecule has 2 aromatic heterocycles. The highest BCUT2D eigenvalue weighted by Crippen LogP contribution is 2.19. The van der Waals surface area contributed by atoms with Crippen LogP contribution in [0.4, 0.5) is 0 Å². The maximum absolute atomic E-state index is 13.4. The molecule has 164 valence electrons. The van der Waals surface area contributed by atoms with Gasteiger partial charge in [0.25, 0.3) is 0 Å². The lowest BCUT2D eigenvalue weighted by atomic mass is 10.3. The Hall–Kier alpha value is -2.90. The number of likely N-dealkylation sites (N-methyl/N-ethyl adjacent to an activating group) is 1. The van der Waals surface area contributed by atoms with E-state index in [4.69, 9.17) is 4.98 Å². The Balaban J connectivity index is 1.75. The van der Waals surface area contributed by atoms with E-state index in [1.54, 1.807) is 0 Å². The van der Waals surface area contributed by atoms with Gasteiger partial charge in [-0.1, -0.05) is 24.3 Å². The molecule has 31 heavy (non-hydrogen) atoms. The number of rotatable bonds is 9. The van der Waals surface area contributed by atoms with Crippen molar-refractivity contribution < 1.29 is 0 Å². The first-order valence-corrected chi connectivity index (χ1v) is 10.9. The monoisotopic (exact) mass is 420 g/mol. The Labute approximate surface area is 183 Å². The van der Waals surface area contributed by atoms with Crippen molar-refractivity contribution in [1.29, 1.82) is 0 Å². The lowest BCUT2D eigenvalue weighted by Gasteiger charge is -2.13. The third kappa shape index (κ3) is 4.43. The van der Waals surface area contributed by atoms with Gasteiger partial charge in [0.05, 0.1) is 28.6 Å². The molecule has 0 saturated heterocycles. The van der Waals surface area contributed by atoms with Crippen LogP contribution in [-0.4, -0.2) is 69.8 Å². The van der Waals surface area contributed by atoms with Crippen LogP contribution in [0.3, 0.4) is 0 Å². The summed E-state index contributed by atoms with van der Waals surface area (Å²) in [5.41, 5.74) is 4.07. The van der Waals surface area contributed by atoms with Crippen LogP contribution in [0.15, 0.2) is 53.3 Å². The van der Waals surface area contributed by atoms with E-state index in [-0.39, 0.29) is 5.69 Å². The van der Waals surface area contributed by atoms with Crippen LogP contribution in [-0.2, 0) is 19.6 Å². The summed E-state index contributed by atoms with van der Waals surface area (Å²) in [6, 6.07) is 16.3. The molecule has 0 saturated carbocycles. The number of hydrogen-bond donors (Lipinski definition) is 0. The zero-order chi connectivity index (χ0) is 22.0. The summed E-state index contributed by atoms with van der Waals surface area (Å²) in [6.07, 6.45) is 0.933. The van der Waals surface area contributed by atoms with Crippen molar-refractivity contribution in [2.45, 2.75) is 26.1 Å². The highest BCUT2D eigenvalue weighted by molar-refractivity contribution is 5.77. The summed E-state index contributed by atoms with van der Waals surface area (Å²) in [6.45, 7) is 3.86. The largest absolute Gasteiger partial charge is 0.329 e. The molecule has 7 nitrogen and oxygen atoms in total. The number of benzene rings is 2. The maximum atomic E-state index is 13.4. The van der Waals surface area contributed by atoms with Crippen molar-refractivity contribution in [3.05, 3.63) is 64.8 Å². The third-order valence-corrected chi connectivity index (χ3v) is 5.72. The Bertz CT molecular complexity index is 1230. The summed E-state index contributed by atoms with van der Waals surface area (Å²) < 4.78 is 6.03. The number of para-hydroxylation sites is 4. The first-order valence-electron chi connectivity index (χ1n) is 10.9. The molecule has 0 radical (unpaired) electrons. The van der Waals surface area contributed by atoms with Gasteiger partial charge in [-0.15, -0.1) is 0 Å². The average molecular weight is 421 g/mol. The number of hydrogen-bond acceptors (Lipinski definition) is 4. The lowest BCUT2D eigenvalue weighted by molar-refractivity contribution is 0.381. The second-order valence-electron chi connectivity index (χ2n) is 8.64. The maximum Gasteiger partial charge on any atom is 0.329 e. The Kier molecular flexibility index (Phi) is 6.25. The van der Waals surface area contributed by atoms with E-state index in [0.29, 0.717) is 13.1 Å². The van der Waals surface area contributed by atoms with Crippen molar-refractivity contribution >= 4 is 22.1 Å². The second kappa shape index (κ2) is 9.08. The van der Waals surface area contributed by atoms with E-state index in [2.05, 4.69) is 48.6 Å². The molecule has 0 fully saturated rings. The molecule has 0 bridgehead atoms. The molecular formula is C24H32N6O. The highest BCUT2D eigenvalue weighted by Gasteiger charge is 2.17. The molecule has 0 aliphatic carbocycles. The minimum atomic E-state index is 0.0335. The first-order chi connectivity index (χ1) is 15.0. The molecule has 4 rings (SSSR count). The van der Waals surface area contributed by atoms with Crippen LogP contribution >= 0.6 is 0 Å². The molecule has 0 amide bonds. The van der Waals surface area contributed by atoms with Crippen LogP contribution in [0.1, 0.15) is 12.2 Å². The average Bonchev–Trinajstić information content (AvgIpc) is 3.22. The number of nitrogens with zero attached hydrogens (tertiary/aromatic N) is 6. The van der Waals surface area contributed by atoms with Gasteiger partial charge in [-0.25, -0.2) is 9.78 Å². The van der Waals surface area contributed by atoms with Crippen LogP contribution in [0.5, 0.6) is 0 Å². The molecule has 7 heteroatoms. The molecule has 0 aliphatic rings. The number of aryl methyl sites for hydroxylation is 1. The minimum Gasteiger partial charge on any atom is -0.325 e. The van der Waals surface area contributed by atoms with E-state index in [1.165, 1.54) is 0 Å². The molecule has 2 aromatic carbocycles. The number of fused-ring (bicyclic) bond motifs is 2. The van der Waals surface area contributed by atoms with E-state index in [9.17, 15) is 4.79 Å². The van der Waals surface area contributed by atoms with Crippen molar-refractivity contribution in [2.24, 2.45) is 0 Å². The normalized spacial score (nSPS) is 12.1. The van der Waals surface area contributed by atoms with Crippen LogP contribution < -0.4 is 5.69 Å². The fourth-order valence-corrected chi connectivity index (χ4v) is 4.12. The van der Waals surface area contributed by atoms with Gasteiger partial charge in [-0.2, -0.15) is 0 Å². The van der Waals surface area contributed by atoms with E-state index in [0.717, 1.165) is 53.9 Å². The Morgan fingerprint density at radius 2 is 1.35 bits per heavy atom. The predicted octanol–water partition coefficient (Wildman–Crippen LogP) is 2.71. The van der Waals surface area contributed by atoms with Crippen LogP contribution in [0.2, 0.25) is 0 Å². The van der Waals surface area contributed by atoms with Gasteiger partial charge < -0.3 is 14.4 Å². The molecule has 0 unspecified atom stereocenters. The number of imidazole rings is 2. The second-order valence-corrected chi connectivity index (χ2v) is 8.64. The molecular weight excluding hydrogens is 388 g/mol. The van der Waals surface area contributed by atoms with E-state index < -0.39 is 0 Å². The molecule has 0 aliphatic heterocycles. The molecule has 2 heterocycles. The smallest absolute Gasteiger partial charge is 0.325 e. The van der Waals surface area contributed by atoms with Gasteiger partial charge in [-0.3, -0.25) is 9.13 Å². The molecule has 4 aromatic rings. The van der Waals surface area contributed by atoms with Crippen molar-refractivity contribution in [2.75, 3.05) is 41.3 Å². The van der Waals surface area contributed by atoms with Gasteiger partial charge >= 0.3 is 5.69 Å². The summed E-state index contributed by atoms with van der Waals surface area (Å²) in [4.78, 5) is 22.6. The zero-order valence-electron chi connectivity index (χ0n) is 19.0. The molecule has 0 N–H and O–H groups in total. The van der Waals surface area contributed by atoms with Gasteiger partial charge in [0.15, 0.2) is 0 Å². The topological polar surface area (TPSA) is 51.2 Å². The van der Waals surface area contributed by atoms with Gasteiger partial charge in [-0.05, 0) is 65.4 Å². The SMILES string of the molecule is CN(C)CCCn1c(=O)n(Cc2nc3ccccc3n2CCN(C)C)c2ccccc21. The van der Waals surface area contributed by atoms with Crippen LogP contribution in [0, 0.1) is 0 Å². The summed E-state index contributed by atoms with van der Waals surface area (Å²) in [5.74, 6) is 0.918. The zero-order valence-corrected chi connectivity index (χ0v) is 19.0. The van der Waals surface area contributed by atoms with Gasteiger partial charge in [0.1, 0.15) is 5.82 Å². The van der Waals surface area contributed by atoms with E-state index >= 15 is 0 Å². The molecule has 0 spiro atoms. The van der Waals surface area contributed by atoms with Gasteiger partial charge in [0, 0.05) is 19.6 Å². The lowest BCUT2D eigenvalue weighted by Crippen LogP contribution is -2.27. The summed E-state index contributed by atoms with van der Waals surface area (Å²) in [7, 11) is 8.27. The molecule has 0 atom stereocenters. The fraction of sp³-hybridized carbons (Fsp3) is 0.417. The van der Waals surface area contributed by atoms with E-state index in [1.807, 2.05) is 51.6 Å². The van der Waals surface area contributed by atoms with Gasteiger partial charge in [0.2, 0.25) is 0 Å².